The number of hydrogen-bond donors (Lipinski definition) is 8. The first-order chi connectivity index (χ1) is 16.1. The minimum absolute atomic E-state index is 0.737. The van der Waals surface area contributed by atoms with Crippen LogP contribution in [0.3, 0.4) is 0 Å². The minimum Gasteiger partial charge on any atom is -0.388 e. The third-order valence-corrected chi connectivity index (χ3v) is 7.79. The van der Waals surface area contributed by atoms with E-state index in [1.807, 2.05) is 4.98 Å². The van der Waals surface area contributed by atoms with E-state index < -0.39 is 88.7 Å². The molecule has 0 aromatic carbocycles. The zero-order valence-electron chi connectivity index (χ0n) is 17.8. The van der Waals surface area contributed by atoms with Crippen molar-refractivity contribution in [2.24, 2.45) is 5.73 Å². The first-order valence-electron chi connectivity index (χ1n) is 9.92. The van der Waals surface area contributed by atoms with Crippen LogP contribution in [-0.4, -0.2) is 95.3 Å². The summed E-state index contributed by atoms with van der Waals surface area (Å²) in [6, 6.07) is -0.134. The van der Waals surface area contributed by atoms with E-state index in [9.17, 15) is 39.1 Å². The number of phosphoric acid groups is 2. The molecule has 1 aromatic heterocycles. The van der Waals surface area contributed by atoms with Crippen molar-refractivity contribution in [3.8, 4) is 0 Å². The largest absolute Gasteiger partial charge is 0.486 e. The van der Waals surface area contributed by atoms with Crippen LogP contribution in [0.25, 0.3) is 0 Å². The van der Waals surface area contributed by atoms with Crippen molar-refractivity contribution in [3.05, 3.63) is 33.1 Å². The number of aromatic nitrogens is 2. The number of rotatable bonds is 8. The van der Waals surface area contributed by atoms with E-state index >= 15 is 0 Å². The maximum atomic E-state index is 13.0. The second-order valence-electron chi connectivity index (χ2n) is 7.75. The van der Waals surface area contributed by atoms with Gasteiger partial charge >= 0.3 is 21.3 Å². The molecule has 0 spiro atoms. The predicted molar refractivity (Wildman–Crippen MR) is 109 cm³/mol. The molecule has 0 bridgehead atoms. The fourth-order valence-electron chi connectivity index (χ4n) is 3.36. The molecule has 0 amide bonds. The summed E-state index contributed by atoms with van der Waals surface area (Å²) >= 11 is 0. The molecular weight excluding hydrogens is 524 g/mol. The standard InChI is InChI=1S/C15H25N3O15P2/c1-5-8(16)10(21)12(23)14(30-5)32-35(28,33-34(25,26)27)29-4-6-9(20)11(22)13(31-6)18-3-2-7(19)17-15(18)24/h2-3,5-6,8-14,20-23H,4,16H2,1H3,(H,17,19,24)(H2,25,26,27)/t5-,6+,8-,9?,10+,11?,12-,13+,14+,35?/m1/s1. The maximum absolute atomic E-state index is 13.0. The highest BCUT2D eigenvalue weighted by Gasteiger charge is 2.50. The Morgan fingerprint density at radius 3 is 2.34 bits per heavy atom. The molecule has 1 aromatic rings. The predicted octanol–water partition coefficient (Wildman–Crippen LogP) is -3.80. The molecule has 18 nitrogen and oxygen atoms in total. The van der Waals surface area contributed by atoms with E-state index in [4.69, 9.17) is 34.0 Å². The third-order valence-electron chi connectivity index (χ3n) is 5.21. The Balaban J connectivity index is 1.76. The molecule has 9 N–H and O–H groups in total. The van der Waals surface area contributed by atoms with Gasteiger partial charge in [0.15, 0.2) is 12.5 Å². The second-order valence-corrected chi connectivity index (χ2v) is 10.8. The van der Waals surface area contributed by atoms with Crippen molar-refractivity contribution >= 4 is 15.6 Å². The molecule has 20 heteroatoms. The lowest BCUT2D eigenvalue weighted by Crippen LogP contribution is -2.60. The lowest BCUT2D eigenvalue weighted by atomic mass is 9.98. The maximum Gasteiger partial charge on any atom is 0.486 e. The topological polar surface area (TPSA) is 283 Å². The number of hydrogen-bond acceptors (Lipinski definition) is 14. The van der Waals surface area contributed by atoms with Crippen molar-refractivity contribution < 1.29 is 62.2 Å². The summed E-state index contributed by atoms with van der Waals surface area (Å²) in [5, 5.41) is 40.5. The van der Waals surface area contributed by atoms with Gasteiger partial charge in [-0.3, -0.25) is 23.4 Å². The molecule has 3 heterocycles. The molecule has 200 valence electrons. The summed E-state index contributed by atoms with van der Waals surface area (Å²) in [6.07, 6.45) is -12.1. The summed E-state index contributed by atoms with van der Waals surface area (Å²) in [4.78, 5) is 43.3. The highest BCUT2D eigenvalue weighted by molar-refractivity contribution is 7.61. The number of aliphatic hydroxyl groups is 4. The summed E-state index contributed by atoms with van der Waals surface area (Å²) in [7, 11) is -10.9. The number of phosphoric ester groups is 1. The zero-order chi connectivity index (χ0) is 26.3. The van der Waals surface area contributed by atoms with Gasteiger partial charge in [0.25, 0.3) is 5.56 Å². The van der Waals surface area contributed by atoms with Crippen LogP contribution in [0.5, 0.6) is 0 Å². The molecule has 10 atom stereocenters. The molecule has 3 rings (SSSR count). The van der Waals surface area contributed by atoms with E-state index in [1.165, 1.54) is 6.92 Å². The molecule has 2 aliphatic heterocycles. The van der Waals surface area contributed by atoms with Crippen LogP contribution < -0.4 is 17.0 Å². The number of nitrogens with one attached hydrogen (secondary N) is 1. The van der Waals surface area contributed by atoms with Gasteiger partial charge < -0.3 is 45.4 Å². The van der Waals surface area contributed by atoms with Crippen LogP contribution in [0.1, 0.15) is 13.2 Å². The smallest absolute Gasteiger partial charge is 0.388 e. The Labute approximate surface area is 195 Å². The first kappa shape index (κ1) is 28.2. The van der Waals surface area contributed by atoms with Gasteiger partial charge in [-0.2, -0.15) is 4.31 Å². The average Bonchev–Trinajstić information content (AvgIpc) is 3.02. The minimum atomic E-state index is -5.55. The van der Waals surface area contributed by atoms with E-state index in [0.717, 1.165) is 16.8 Å². The average molecular weight is 549 g/mol. The molecule has 35 heavy (non-hydrogen) atoms. The van der Waals surface area contributed by atoms with Gasteiger partial charge in [-0.1, -0.05) is 0 Å². The molecule has 0 saturated carbocycles. The van der Waals surface area contributed by atoms with Crippen LogP contribution >= 0.6 is 15.6 Å². The number of nitrogens with two attached hydrogens (primary N) is 1. The number of aromatic amines is 1. The zero-order valence-corrected chi connectivity index (χ0v) is 19.6. The van der Waals surface area contributed by atoms with Crippen LogP contribution in [0.2, 0.25) is 0 Å². The first-order valence-corrected chi connectivity index (χ1v) is 12.9. The monoisotopic (exact) mass is 549 g/mol. The van der Waals surface area contributed by atoms with E-state index in [1.54, 1.807) is 0 Å². The van der Waals surface area contributed by atoms with E-state index in [0.29, 0.717) is 0 Å². The fraction of sp³-hybridized carbons (Fsp3) is 0.733. The van der Waals surface area contributed by atoms with Crippen LogP contribution in [0.15, 0.2) is 21.9 Å². The molecule has 0 aliphatic carbocycles. The molecule has 0 radical (unpaired) electrons. The van der Waals surface area contributed by atoms with Crippen molar-refractivity contribution in [3.63, 3.8) is 0 Å². The van der Waals surface area contributed by atoms with Gasteiger partial charge in [-0.25, -0.2) is 13.9 Å². The van der Waals surface area contributed by atoms with Gasteiger partial charge in [-0.05, 0) is 6.92 Å². The summed E-state index contributed by atoms with van der Waals surface area (Å²) in [5.74, 6) is 0. The van der Waals surface area contributed by atoms with Crippen molar-refractivity contribution in [1.82, 2.24) is 9.55 Å². The van der Waals surface area contributed by atoms with Crippen molar-refractivity contribution in [2.45, 2.75) is 62.1 Å². The molecular formula is C15H25N3O15P2. The van der Waals surface area contributed by atoms with Gasteiger partial charge in [0.1, 0.15) is 30.5 Å². The summed E-state index contributed by atoms with van der Waals surface area (Å²) in [5.41, 5.74) is 3.91. The lowest BCUT2D eigenvalue weighted by molar-refractivity contribution is -0.243. The summed E-state index contributed by atoms with van der Waals surface area (Å²) in [6.45, 7) is 0.388. The Morgan fingerprint density at radius 1 is 1.09 bits per heavy atom. The van der Waals surface area contributed by atoms with Gasteiger partial charge in [-0.15, -0.1) is 0 Å². The number of aliphatic hydroxyl groups excluding tert-OH is 4. The fourth-order valence-corrected chi connectivity index (χ4v) is 5.56. The van der Waals surface area contributed by atoms with Gasteiger partial charge in [0.2, 0.25) is 0 Å². The summed E-state index contributed by atoms with van der Waals surface area (Å²) < 4.78 is 49.4. The van der Waals surface area contributed by atoms with Crippen LogP contribution in [-0.2, 0) is 32.0 Å². The van der Waals surface area contributed by atoms with Crippen LogP contribution in [0, 0.1) is 0 Å². The highest BCUT2D eigenvalue weighted by Crippen LogP contribution is 2.62. The SMILES string of the molecule is C[C@H]1O[C@@H](OP(=O)(OC[C@@H]2O[C@H](n3ccc(=O)[nH]c3=O)C(O)C2O)OP(=O)(O)O)[C@H](O)[C@@H](O)[C@@H]1N. The molecule has 3 unspecified atom stereocenters. The number of nitrogens with zero attached hydrogens (tertiary/aromatic N) is 1. The Hall–Kier alpha value is -1.34. The quantitative estimate of drug-likeness (QED) is 0.144. The Bertz CT molecular complexity index is 1110. The Kier molecular flexibility index (Phi) is 8.52. The lowest BCUT2D eigenvalue weighted by Gasteiger charge is -2.40. The molecule has 2 fully saturated rings. The highest BCUT2D eigenvalue weighted by atomic mass is 31.3. The second kappa shape index (κ2) is 10.6. The Morgan fingerprint density at radius 2 is 1.74 bits per heavy atom. The van der Waals surface area contributed by atoms with E-state index in [2.05, 4.69) is 4.31 Å². The van der Waals surface area contributed by atoms with Crippen molar-refractivity contribution in [2.75, 3.05) is 6.61 Å². The van der Waals surface area contributed by atoms with Gasteiger partial charge in [0.05, 0.1) is 18.8 Å². The van der Waals surface area contributed by atoms with Crippen LogP contribution in [0.4, 0.5) is 0 Å². The molecule has 2 aliphatic rings. The third kappa shape index (κ3) is 6.51. The van der Waals surface area contributed by atoms with Gasteiger partial charge in [0, 0.05) is 12.3 Å². The molecule has 2 saturated heterocycles. The number of H-pyrrole nitrogens is 1. The normalized spacial score (nSPS) is 37.8. The van der Waals surface area contributed by atoms with Crippen molar-refractivity contribution in [1.29, 1.82) is 0 Å². The van der Waals surface area contributed by atoms with E-state index in [-0.39, 0.29) is 0 Å². The number of ether oxygens (including phenoxy) is 2.